The third-order valence-electron chi connectivity index (χ3n) is 5.29. The van der Waals surface area contributed by atoms with Crippen LogP contribution in [0.15, 0.2) is 48.5 Å². The Bertz CT molecular complexity index is 752. The van der Waals surface area contributed by atoms with E-state index in [1.54, 1.807) is 0 Å². The second kappa shape index (κ2) is 9.56. The molecule has 0 atom stereocenters. The Morgan fingerprint density at radius 2 is 1.93 bits per heavy atom. The van der Waals surface area contributed by atoms with Gasteiger partial charge in [-0.3, -0.25) is 9.69 Å². The van der Waals surface area contributed by atoms with E-state index in [-0.39, 0.29) is 11.8 Å². The lowest BCUT2D eigenvalue weighted by Gasteiger charge is -2.31. The van der Waals surface area contributed by atoms with Crippen LogP contribution in [0.1, 0.15) is 36.5 Å². The molecule has 0 aliphatic carbocycles. The summed E-state index contributed by atoms with van der Waals surface area (Å²) in [6.45, 7) is 8.28. The van der Waals surface area contributed by atoms with E-state index >= 15 is 0 Å². The number of nitrogens with zero attached hydrogens (tertiary/aromatic N) is 1. The van der Waals surface area contributed by atoms with Crippen LogP contribution < -0.4 is 10.1 Å². The van der Waals surface area contributed by atoms with Gasteiger partial charge in [-0.1, -0.05) is 36.4 Å². The summed E-state index contributed by atoms with van der Waals surface area (Å²) in [6.07, 6.45) is 1.85. The van der Waals surface area contributed by atoms with Gasteiger partial charge in [-0.25, -0.2) is 0 Å². The fourth-order valence-electron chi connectivity index (χ4n) is 3.63. The molecule has 0 unspecified atom stereocenters. The number of hydrogen-bond donors (Lipinski definition) is 1. The fourth-order valence-corrected chi connectivity index (χ4v) is 3.63. The molecule has 1 aliphatic heterocycles. The van der Waals surface area contributed by atoms with Crippen LogP contribution >= 0.6 is 0 Å². The molecule has 144 valence electrons. The Morgan fingerprint density at radius 3 is 2.67 bits per heavy atom. The molecule has 1 aliphatic rings. The first kappa shape index (κ1) is 19.4. The van der Waals surface area contributed by atoms with Gasteiger partial charge in [0.1, 0.15) is 5.75 Å². The number of carbonyl (C=O) groups is 1. The van der Waals surface area contributed by atoms with Gasteiger partial charge in [0, 0.05) is 19.0 Å². The lowest BCUT2D eigenvalue weighted by atomic mass is 9.95. The Morgan fingerprint density at radius 1 is 1.15 bits per heavy atom. The van der Waals surface area contributed by atoms with E-state index in [2.05, 4.69) is 41.4 Å². The number of ether oxygens (including phenoxy) is 1. The van der Waals surface area contributed by atoms with Crippen LogP contribution in [-0.4, -0.2) is 30.5 Å². The highest BCUT2D eigenvalue weighted by Gasteiger charge is 2.24. The maximum absolute atomic E-state index is 12.5. The maximum Gasteiger partial charge on any atom is 0.223 e. The molecule has 0 aromatic heterocycles. The second-order valence-corrected chi connectivity index (χ2v) is 7.28. The van der Waals surface area contributed by atoms with E-state index in [0.29, 0.717) is 13.2 Å². The molecule has 0 radical (unpaired) electrons. The second-order valence-electron chi connectivity index (χ2n) is 7.28. The first-order valence-corrected chi connectivity index (χ1v) is 9.92. The number of carbonyl (C=O) groups excluding carboxylic acids is 1. The van der Waals surface area contributed by atoms with Crippen molar-refractivity contribution in [1.29, 1.82) is 0 Å². The SMILES string of the molecule is CCOc1cccc(CNC(=O)C2CCN(Cc3ccccc3C)CC2)c1. The van der Waals surface area contributed by atoms with Crippen LogP contribution in [0.25, 0.3) is 0 Å². The van der Waals surface area contributed by atoms with Crippen molar-refractivity contribution < 1.29 is 9.53 Å². The number of amides is 1. The van der Waals surface area contributed by atoms with Crippen molar-refractivity contribution in [3.63, 3.8) is 0 Å². The van der Waals surface area contributed by atoms with Crippen molar-refractivity contribution in [2.45, 2.75) is 39.8 Å². The summed E-state index contributed by atoms with van der Waals surface area (Å²) in [6, 6.07) is 16.5. The molecule has 2 aromatic carbocycles. The van der Waals surface area contributed by atoms with E-state index in [1.165, 1.54) is 11.1 Å². The van der Waals surface area contributed by atoms with Crippen LogP contribution in [0.5, 0.6) is 5.75 Å². The van der Waals surface area contributed by atoms with Crippen LogP contribution in [-0.2, 0) is 17.9 Å². The van der Waals surface area contributed by atoms with Gasteiger partial charge in [0.25, 0.3) is 0 Å². The van der Waals surface area contributed by atoms with E-state index in [9.17, 15) is 4.79 Å². The quantitative estimate of drug-likeness (QED) is 0.807. The number of nitrogens with one attached hydrogen (secondary N) is 1. The number of piperidine rings is 1. The van der Waals surface area contributed by atoms with E-state index in [1.807, 2.05) is 31.2 Å². The summed E-state index contributed by atoms with van der Waals surface area (Å²) < 4.78 is 5.52. The minimum atomic E-state index is 0.119. The Kier molecular flexibility index (Phi) is 6.88. The van der Waals surface area contributed by atoms with Gasteiger partial charge in [0.2, 0.25) is 5.91 Å². The van der Waals surface area contributed by atoms with Crippen molar-refractivity contribution in [2.75, 3.05) is 19.7 Å². The van der Waals surface area contributed by atoms with Crippen molar-refractivity contribution >= 4 is 5.91 Å². The van der Waals surface area contributed by atoms with Gasteiger partial charge in [-0.05, 0) is 68.6 Å². The van der Waals surface area contributed by atoms with E-state index in [4.69, 9.17) is 4.74 Å². The smallest absolute Gasteiger partial charge is 0.223 e. The molecule has 1 saturated heterocycles. The van der Waals surface area contributed by atoms with Crippen LogP contribution in [0.2, 0.25) is 0 Å². The average Bonchev–Trinajstić information content (AvgIpc) is 2.69. The summed E-state index contributed by atoms with van der Waals surface area (Å²) in [7, 11) is 0. The van der Waals surface area contributed by atoms with E-state index < -0.39 is 0 Å². The Balaban J connectivity index is 1.44. The molecule has 0 saturated carbocycles. The third kappa shape index (κ3) is 5.57. The summed E-state index contributed by atoms with van der Waals surface area (Å²) in [5.74, 6) is 1.15. The largest absolute Gasteiger partial charge is 0.494 e. The molecule has 27 heavy (non-hydrogen) atoms. The predicted octanol–water partition coefficient (Wildman–Crippen LogP) is 3.92. The molecule has 1 N–H and O–H groups in total. The standard InChI is InChI=1S/C23H30N2O2/c1-3-27-22-10-6-8-19(15-22)16-24-23(26)20-11-13-25(14-12-20)17-21-9-5-4-7-18(21)2/h4-10,15,20H,3,11-14,16-17H2,1-2H3,(H,24,26). The van der Waals surface area contributed by atoms with Crippen molar-refractivity contribution in [3.05, 3.63) is 65.2 Å². The van der Waals surface area contributed by atoms with Gasteiger partial charge >= 0.3 is 0 Å². The molecular formula is C23H30N2O2. The van der Waals surface area contributed by atoms with Crippen molar-refractivity contribution in [2.24, 2.45) is 5.92 Å². The molecule has 1 amide bonds. The highest BCUT2D eigenvalue weighted by Crippen LogP contribution is 2.21. The zero-order chi connectivity index (χ0) is 19.1. The van der Waals surface area contributed by atoms with Gasteiger partial charge in [-0.2, -0.15) is 0 Å². The molecule has 1 heterocycles. The Hall–Kier alpha value is -2.33. The number of rotatable bonds is 7. The first-order chi connectivity index (χ1) is 13.2. The van der Waals surface area contributed by atoms with Gasteiger partial charge in [-0.15, -0.1) is 0 Å². The molecule has 2 aromatic rings. The molecule has 4 nitrogen and oxygen atoms in total. The topological polar surface area (TPSA) is 41.6 Å². The van der Waals surface area contributed by atoms with Crippen LogP contribution in [0.4, 0.5) is 0 Å². The van der Waals surface area contributed by atoms with Crippen LogP contribution in [0, 0.1) is 12.8 Å². The zero-order valence-corrected chi connectivity index (χ0v) is 16.4. The van der Waals surface area contributed by atoms with E-state index in [0.717, 1.165) is 43.8 Å². The lowest BCUT2D eigenvalue weighted by Crippen LogP contribution is -2.40. The lowest BCUT2D eigenvalue weighted by molar-refractivity contribution is -0.126. The average molecular weight is 367 g/mol. The monoisotopic (exact) mass is 366 g/mol. The maximum atomic E-state index is 12.5. The van der Waals surface area contributed by atoms with Gasteiger partial charge in [0.15, 0.2) is 0 Å². The molecule has 1 fully saturated rings. The Labute approximate surface area is 162 Å². The zero-order valence-electron chi connectivity index (χ0n) is 16.4. The summed E-state index contributed by atoms with van der Waals surface area (Å²) >= 11 is 0. The summed E-state index contributed by atoms with van der Waals surface area (Å²) in [5, 5.41) is 3.10. The van der Waals surface area contributed by atoms with Gasteiger partial charge in [0.05, 0.1) is 6.61 Å². The summed E-state index contributed by atoms with van der Waals surface area (Å²) in [5.41, 5.74) is 3.80. The number of benzene rings is 2. The minimum Gasteiger partial charge on any atom is -0.494 e. The third-order valence-corrected chi connectivity index (χ3v) is 5.29. The highest BCUT2D eigenvalue weighted by atomic mass is 16.5. The number of hydrogen-bond acceptors (Lipinski definition) is 3. The molecule has 4 heteroatoms. The number of likely N-dealkylation sites (tertiary alicyclic amines) is 1. The normalized spacial score (nSPS) is 15.5. The van der Waals surface area contributed by atoms with Crippen LogP contribution in [0.3, 0.4) is 0 Å². The first-order valence-electron chi connectivity index (χ1n) is 9.92. The fraction of sp³-hybridized carbons (Fsp3) is 0.435. The van der Waals surface area contributed by atoms with Crippen molar-refractivity contribution in [1.82, 2.24) is 10.2 Å². The molecule has 3 rings (SSSR count). The molecular weight excluding hydrogens is 336 g/mol. The number of aryl methyl sites for hydroxylation is 1. The van der Waals surface area contributed by atoms with Gasteiger partial charge < -0.3 is 10.1 Å². The highest BCUT2D eigenvalue weighted by molar-refractivity contribution is 5.78. The molecule has 0 spiro atoms. The minimum absolute atomic E-state index is 0.119. The predicted molar refractivity (Wildman–Crippen MR) is 109 cm³/mol. The van der Waals surface area contributed by atoms with Crippen molar-refractivity contribution in [3.8, 4) is 5.75 Å². The molecule has 0 bridgehead atoms. The summed E-state index contributed by atoms with van der Waals surface area (Å²) in [4.78, 5) is 15.0.